The highest BCUT2D eigenvalue weighted by Crippen LogP contribution is 2.31. The number of urea groups is 1. The Morgan fingerprint density at radius 3 is 2.75 bits per heavy atom. The van der Waals surface area contributed by atoms with Crippen LogP contribution in [0, 0.1) is 13.8 Å². The molecule has 2 aromatic heterocycles. The zero-order valence-corrected chi connectivity index (χ0v) is 24.4. The third-order valence-corrected chi connectivity index (χ3v) is 7.42. The second kappa shape index (κ2) is 11.3. The van der Waals surface area contributed by atoms with Crippen molar-refractivity contribution in [3.8, 4) is 11.4 Å². The van der Waals surface area contributed by atoms with Crippen molar-refractivity contribution in [1.29, 1.82) is 0 Å². The van der Waals surface area contributed by atoms with Gasteiger partial charge in [0.25, 0.3) is 5.91 Å². The van der Waals surface area contributed by atoms with Crippen LogP contribution < -0.4 is 15.8 Å². The van der Waals surface area contributed by atoms with E-state index >= 15 is 0 Å². The van der Waals surface area contributed by atoms with E-state index in [4.69, 9.17) is 27.1 Å². The van der Waals surface area contributed by atoms with Gasteiger partial charge in [0.15, 0.2) is 0 Å². The van der Waals surface area contributed by atoms with Gasteiger partial charge in [-0.3, -0.25) is 9.69 Å². The normalized spacial score (nSPS) is 14.1. The fourth-order valence-electron chi connectivity index (χ4n) is 4.70. The van der Waals surface area contributed by atoms with Crippen LogP contribution in [0.25, 0.3) is 16.6 Å². The number of nitrogens with zero attached hydrogens (tertiary/aromatic N) is 5. The molecule has 1 saturated heterocycles. The molecule has 0 spiro atoms. The standard InChI is InChI=1S/C29H30ClN6O3P/c1-4-20(31)14-35-27(37)15-34(29(35)38)13-19-9-21(40)10-24(30)23(19)16-39-26-7-5-6-22-25(8-18(3)33-28(22)26)36-12-17(2)11-32-36/h4-12H,13-16,31,40H2,1-3H3/b20-4+. The molecule has 2 aromatic carbocycles. The second-order valence-corrected chi connectivity index (χ2v) is 10.9. The van der Waals surface area contributed by atoms with Gasteiger partial charge in [-0.2, -0.15) is 5.10 Å². The molecule has 206 valence electrons. The molecule has 0 saturated carbocycles. The minimum absolute atomic E-state index is 0.0307. The van der Waals surface area contributed by atoms with Gasteiger partial charge in [0, 0.05) is 40.1 Å². The summed E-state index contributed by atoms with van der Waals surface area (Å²) < 4.78 is 8.17. The van der Waals surface area contributed by atoms with Crippen molar-refractivity contribution in [1.82, 2.24) is 24.6 Å². The minimum atomic E-state index is -0.387. The lowest BCUT2D eigenvalue weighted by atomic mass is 10.1. The van der Waals surface area contributed by atoms with Crippen molar-refractivity contribution >= 4 is 49.0 Å². The molecule has 1 unspecified atom stereocenters. The number of halogens is 1. The highest BCUT2D eigenvalue weighted by Gasteiger charge is 2.36. The van der Waals surface area contributed by atoms with Crippen molar-refractivity contribution in [2.75, 3.05) is 13.1 Å². The zero-order valence-electron chi connectivity index (χ0n) is 22.5. The Morgan fingerprint density at radius 1 is 1.23 bits per heavy atom. The van der Waals surface area contributed by atoms with Gasteiger partial charge < -0.3 is 15.4 Å². The predicted octanol–water partition coefficient (Wildman–Crippen LogP) is 4.40. The van der Waals surface area contributed by atoms with E-state index in [0.717, 1.165) is 38.8 Å². The Labute approximate surface area is 239 Å². The molecule has 4 aromatic rings. The van der Waals surface area contributed by atoms with Crippen LogP contribution >= 0.6 is 20.8 Å². The first-order valence-electron chi connectivity index (χ1n) is 12.8. The van der Waals surface area contributed by atoms with Gasteiger partial charge in [0.2, 0.25) is 0 Å². The zero-order chi connectivity index (χ0) is 28.6. The molecule has 0 bridgehead atoms. The van der Waals surface area contributed by atoms with Gasteiger partial charge in [0.1, 0.15) is 24.4 Å². The Hall–Kier alpha value is -3.94. The molecule has 1 aliphatic heterocycles. The van der Waals surface area contributed by atoms with Crippen molar-refractivity contribution < 1.29 is 14.3 Å². The van der Waals surface area contributed by atoms with E-state index in [-0.39, 0.29) is 38.2 Å². The molecular weight excluding hydrogens is 547 g/mol. The maximum atomic E-state index is 13.0. The number of fused-ring (bicyclic) bond motifs is 1. The maximum Gasteiger partial charge on any atom is 0.327 e. The van der Waals surface area contributed by atoms with Crippen LogP contribution in [-0.2, 0) is 17.9 Å². The maximum absolute atomic E-state index is 13.0. The first-order chi connectivity index (χ1) is 19.1. The molecule has 3 heterocycles. The van der Waals surface area contributed by atoms with Gasteiger partial charge in [-0.15, -0.1) is 9.24 Å². The minimum Gasteiger partial charge on any atom is -0.487 e. The van der Waals surface area contributed by atoms with Gasteiger partial charge in [-0.25, -0.2) is 14.5 Å². The van der Waals surface area contributed by atoms with E-state index in [2.05, 4.69) is 14.3 Å². The van der Waals surface area contributed by atoms with Gasteiger partial charge in [0.05, 0.1) is 18.4 Å². The Morgan fingerprint density at radius 2 is 2.02 bits per heavy atom. The molecule has 0 radical (unpaired) electrons. The van der Waals surface area contributed by atoms with E-state index in [1.54, 1.807) is 13.0 Å². The number of pyridine rings is 1. The first-order valence-corrected chi connectivity index (χ1v) is 13.7. The molecule has 1 fully saturated rings. The van der Waals surface area contributed by atoms with E-state index in [1.807, 2.05) is 67.3 Å². The highest BCUT2D eigenvalue weighted by molar-refractivity contribution is 7.27. The van der Waals surface area contributed by atoms with E-state index < -0.39 is 0 Å². The quantitative estimate of drug-likeness (QED) is 0.246. The molecular formula is C29H30ClN6O3P. The van der Waals surface area contributed by atoms with E-state index in [9.17, 15) is 9.59 Å². The number of aryl methyl sites for hydroxylation is 2. The molecule has 40 heavy (non-hydrogen) atoms. The number of para-hydroxylation sites is 1. The van der Waals surface area contributed by atoms with Crippen LogP contribution in [0.1, 0.15) is 29.3 Å². The summed E-state index contributed by atoms with van der Waals surface area (Å²) in [7, 11) is 2.63. The summed E-state index contributed by atoms with van der Waals surface area (Å²) in [6.45, 7) is 6.08. The summed E-state index contributed by atoms with van der Waals surface area (Å²) in [6.07, 6.45) is 5.46. The molecule has 1 atom stereocenters. The van der Waals surface area contributed by atoms with Crippen LogP contribution in [0.3, 0.4) is 0 Å². The number of aromatic nitrogens is 3. The fourth-order valence-corrected chi connectivity index (χ4v) is 5.48. The predicted molar refractivity (Wildman–Crippen MR) is 159 cm³/mol. The summed E-state index contributed by atoms with van der Waals surface area (Å²) in [5.41, 5.74) is 11.4. The Bertz CT molecular complexity index is 1670. The summed E-state index contributed by atoms with van der Waals surface area (Å²) in [4.78, 5) is 33.0. The number of hydrogen-bond acceptors (Lipinski definition) is 6. The average molecular weight is 577 g/mol. The van der Waals surface area contributed by atoms with Crippen LogP contribution in [0.15, 0.2) is 60.6 Å². The summed E-state index contributed by atoms with van der Waals surface area (Å²) in [5.74, 6) is 0.310. The molecule has 2 N–H and O–H groups in total. The number of allylic oxidation sites excluding steroid dienone is 1. The van der Waals surface area contributed by atoms with Crippen molar-refractivity contribution in [2.24, 2.45) is 5.73 Å². The summed E-state index contributed by atoms with van der Waals surface area (Å²) >= 11 is 6.69. The SMILES string of the molecule is C/C=C(/N)CN1C(=O)CN(Cc2cc(P)cc(Cl)c2COc2cccc3c(-n4cc(C)cn4)cc(C)nc23)C1=O. The van der Waals surface area contributed by atoms with Crippen molar-refractivity contribution in [3.63, 3.8) is 0 Å². The first kappa shape index (κ1) is 27.6. The largest absolute Gasteiger partial charge is 0.487 e. The number of benzene rings is 2. The van der Waals surface area contributed by atoms with Crippen LogP contribution in [0.2, 0.25) is 5.02 Å². The Kier molecular flexibility index (Phi) is 7.79. The lowest BCUT2D eigenvalue weighted by molar-refractivity contribution is -0.125. The van der Waals surface area contributed by atoms with Gasteiger partial charge >= 0.3 is 6.03 Å². The molecule has 3 amide bonds. The molecule has 0 aliphatic carbocycles. The summed E-state index contributed by atoms with van der Waals surface area (Å²) in [5, 5.41) is 6.75. The number of imide groups is 1. The van der Waals surface area contributed by atoms with Crippen LogP contribution in [0.5, 0.6) is 5.75 Å². The number of nitrogens with two attached hydrogens (primary N) is 1. The fraction of sp³-hybridized carbons (Fsp3) is 0.241. The lowest BCUT2D eigenvalue weighted by Gasteiger charge is -2.20. The Balaban J connectivity index is 1.44. The van der Waals surface area contributed by atoms with Crippen molar-refractivity contribution in [3.05, 3.63) is 88.0 Å². The van der Waals surface area contributed by atoms with Crippen molar-refractivity contribution in [2.45, 2.75) is 33.9 Å². The monoisotopic (exact) mass is 576 g/mol. The summed E-state index contributed by atoms with van der Waals surface area (Å²) in [6, 6.07) is 11.1. The van der Waals surface area contributed by atoms with Crippen LogP contribution in [-0.4, -0.2) is 49.6 Å². The molecule has 1 aliphatic rings. The topological polar surface area (TPSA) is 107 Å². The lowest BCUT2D eigenvalue weighted by Crippen LogP contribution is -2.35. The highest BCUT2D eigenvalue weighted by atomic mass is 35.5. The van der Waals surface area contributed by atoms with Gasteiger partial charge in [-0.05, 0) is 61.5 Å². The molecule has 11 heteroatoms. The third kappa shape index (κ3) is 5.53. The van der Waals surface area contributed by atoms with E-state index in [1.165, 1.54) is 9.80 Å². The number of carbonyl (C=O) groups is 2. The number of hydrogen-bond donors (Lipinski definition) is 1. The second-order valence-electron chi connectivity index (χ2n) is 9.81. The number of ether oxygens (including phenoxy) is 1. The number of amides is 3. The third-order valence-electron chi connectivity index (χ3n) is 6.75. The molecule has 9 nitrogen and oxygen atoms in total. The number of rotatable bonds is 8. The van der Waals surface area contributed by atoms with Crippen LogP contribution in [0.4, 0.5) is 4.79 Å². The molecule has 5 rings (SSSR count). The number of carbonyl (C=O) groups excluding carboxylic acids is 2. The average Bonchev–Trinajstić information content (AvgIpc) is 3.45. The van der Waals surface area contributed by atoms with Gasteiger partial charge in [-0.1, -0.05) is 29.8 Å². The smallest absolute Gasteiger partial charge is 0.327 e. The van der Waals surface area contributed by atoms with E-state index in [0.29, 0.717) is 22.0 Å².